The van der Waals surface area contributed by atoms with Crippen LogP contribution < -0.4 is 4.72 Å². The molecule has 0 saturated heterocycles. The molecule has 0 bridgehead atoms. The maximum atomic E-state index is 10.9. The van der Waals surface area contributed by atoms with Gasteiger partial charge in [0.1, 0.15) is 4.90 Å². The lowest BCUT2D eigenvalue weighted by Gasteiger charge is -2.08. The van der Waals surface area contributed by atoms with Crippen LogP contribution in [-0.2, 0) is 0 Å². The second-order valence-corrected chi connectivity index (χ2v) is 6.17. The fraction of sp³-hybridized carbons (Fsp3) is 0. The van der Waals surface area contributed by atoms with Crippen molar-refractivity contribution in [3.8, 4) is 0 Å². The number of nitrogens with zero attached hydrogens (tertiary/aromatic N) is 1. The van der Waals surface area contributed by atoms with Crippen molar-refractivity contribution in [2.75, 3.05) is 4.72 Å². The highest BCUT2D eigenvalue weighted by molar-refractivity contribution is 9.11. The summed E-state index contributed by atoms with van der Waals surface area (Å²) < 4.78 is 4.94. The Morgan fingerprint density at radius 1 is 1.16 bits per heavy atom. The summed E-state index contributed by atoms with van der Waals surface area (Å²) in [7, 11) is 0. The molecule has 0 aliphatic rings. The SMILES string of the molecule is O=[N+]([O-])c1ccccc1SNc1ccc(Br)cc1Br. The lowest BCUT2D eigenvalue weighted by atomic mass is 10.3. The van der Waals surface area contributed by atoms with Crippen molar-refractivity contribution in [2.45, 2.75) is 4.90 Å². The Hall–Kier alpha value is -1.05. The fourth-order valence-electron chi connectivity index (χ4n) is 1.38. The number of rotatable bonds is 4. The zero-order chi connectivity index (χ0) is 13.8. The average molecular weight is 404 g/mol. The molecule has 0 fully saturated rings. The van der Waals surface area contributed by atoms with E-state index in [-0.39, 0.29) is 10.6 Å². The van der Waals surface area contributed by atoms with E-state index in [1.54, 1.807) is 18.2 Å². The van der Waals surface area contributed by atoms with E-state index in [2.05, 4.69) is 36.6 Å². The van der Waals surface area contributed by atoms with Crippen LogP contribution in [0.25, 0.3) is 0 Å². The minimum absolute atomic E-state index is 0.0910. The molecular formula is C12H8Br2N2O2S. The van der Waals surface area contributed by atoms with Crippen molar-refractivity contribution in [3.05, 3.63) is 61.5 Å². The molecule has 0 unspecified atom stereocenters. The van der Waals surface area contributed by atoms with E-state index in [1.807, 2.05) is 18.2 Å². The van der Waals surface area contributed by atoms with Gasteiger partial charge in [0, 0.05) is 15.0 Å². The van der Waals surface area contributed by atoms with E-state index in [9.17, 15) is 10.1 Å². The smallest absolute Gasteiger partial charge is 0.284 e. The molecule has 0 heterocycles. The van der Waals surface area contributed by atoms with E-state index in [0.717, 1.165) is 14.6 Å². The topological polar surface area (TPSA) is 55.2 Å². The number of hydrogen-bond donors (Lipinski definition) is 1. The van der Waals surface area contributed by atoms with Crippen LogP contribution in [0.3, 0.4) is 0 Å². The van der Waals surface area contributed by atoms with Crippen molar-refractivity contribution in [3.63, 3.8) is 0 Å². The summed E-state index contributed by atoms with van der Waals surface area (Å²) in [5, 5.41) is 10.9. The van der Waals surface area contributed by atoms with Crippen molar-refractivity contribution in [1.82, 2.24) is 0 Å². The van der Waals surface area contributed by atoms with Gasteiger partial charge in [-0.15, -0.1) is 0 Å². The van der Waals surface area contributed by atoms with Gasteiger partial charge in [-0.2, -0.15) is 0 Å². The Kier molecular flexibility index (Phi) is 4.84. The van der Waals surface area contributed by atoms with Crippen LogP contribution in [0.4, 0.5) is 11.4 Å². The number of benzene rings is 2. The Bertz CT molecular complexity index is 622. The minimum Gasteiger partial charge on any atom is -0.324 e. The van der Waals surface area contributed by atoms with Gasteiger partial charge in [0.25, 0.3) is 5.69 Å². The largest absolute Gasteiger partial charge is 0.324 e. The number of hydrogen-bond acceptors (Lipinski definition) is 4. The molecule has 4 nitrogen and oxygen atoms in total. The van der Waals surface area contributed by atoms with Crippen LogP contribution >= 0.6 is 43.8 Å². The lowest BCUT2D eigenvalue weighted by Crippen LogP contribution is -1.93. The van der Waals surface area contributed by atoms with Gasteiger partial charge < -0.3 is 4.72 Å². The van der Waals surface area contributed by atoms with Crippen LogP contribution in [0.5, 0.6) is 0 Å². The van der Waals surface area contributed by atoms with Crippen LogP contribution in [0.15, 0.2) is 56.3 Å². The molecule has 0 saturated carbocycles. The first-order valence-electron chi connectivity index (χ1n) is 5.19. The molecule has 7 heteroatoms. The number of halogens is 2. The van der Waals surface area contributed by atoms with E-state index in [1.165, 1.54) is 18.0 Å². The van der Waals surface area contributed by atoms with E-state index < -0.39 is 0 Å². The predicted molar refractivity (Wildman–Crippen MR) is 84.4 cm³/mol. The number of anilines is 1. The second-order valence-electron chi connectivity index (χ2n) is 3.55. The monoisotopic (exact) mass is 402 g/mol. The average Bonchev–Trinajstić information content (AvgIpc) is 2.38. The molecule has 19 heavy (non-hydrogen) atoms. The molecule has 0 atom stereocenters. The third kappa shape index (κ3) is 3.71. The summed E-state index contributed by atoms with van der Waals surface area (Å²) in [6, 6.07) is 12.3. The third-order valence-electron chi connectivity index (χ3n) is 2.26. The standard InChI is InChI=1S/C12H8Br2N2O2S/c13-8-5-6-10(9(14)7-8)15-19-12-4-2-1-3-11(12)16(17)18/h1-7,15H. The van der Waals surface area contributed by atoms with Gasteiger partial charge >= 0.3 is 0 Å². The van der Waals surface area contributed by atoms with Gasteiger partial charge in [-0.3, -0.25) is 10.1 Å². The Morgan fingerprint density at radius 2 is 1.89 bits per heavy atom. The molecule has 0 radical (unpaired) electrons. The number of nitrogens with one attached hydrogen (secondary N) is 1. The summed E-state index contributed by atoms with van der Waals surface area (Å²) in [5.74, 6) is 0. The highest BCUT2D eigenvalue weighted by atomic mass is 79.9. The molecule has 0 aromatic heterocycles. The maximum absolute atomic E-state index is 10.9. The summed E-state index contributed by atoms with van der Waals surface area (Å²) in [6.07, 6.45) is 0. The molecule has 1 N–H and O–H groups in total. The molecular weight excluding hydrogens is 396 g/mol. The second kappa shape index (κ2) is 6.40. The summed E-state index contributed by atoms with van der Waals surface area (Å²) >= 11 is 8.01. The molecule has 98 valence electrons. The molecule has 0 amide bonds. The van der Waals surface area contributed by atoms with E-state index in [4.69, 9.17) is 0 Å². The molecule has 0 aliphatic heterocycles. The zero-order valence-electron chi connectivity index (χ0n) is 9.47. The highest BCUT2D eigenvalue weighted by Crippen LogP contribution is 2.33. The van der Waals surface area contributed by atoms with Crippen molar-refractivity contribution in [1.29, 1.82) is 0 Å². The normalized spacial score (nSPS) is 10.2. The fourth-order valence-corrected chi connectivity index (χ4v) is 3.45. The Labute approximate surface area is 131 Å². The van der Waals surface area contributed by atoms with Crippen LogP contribution in [0.2, 0.25) is 0 Å². The van der Waals surface area contributed by atoms with Gasteiger partial charge in [0.15, 0.2) is 0 Å². The summed E-state index contributed by atoms with van der Waals surface area (Å²) in [5.41, 5.74) is 0.944. The van der Waals surface area contributed by atoms with Crippen molar-refractivity contribution >= 4 is 55.2 Å². The summed E-state index contributed by atoms with van der Waals surface area (Å²) in [6.45, 7) is 0. The first kappa shape index (κ1) is 14.4. The predicted octanol–water partition coefficient (Wildman–Crippen LogP) is 5.24. The van der Waals surface area contributed by atoms with Crippen LogP contribution in [0.1, 0.15) is 0 Å². The van der Waals surface area contributed by atoms with Crippen molar-refractivity contribution in [2.24, 2.45) is 0 Å². The molecule has 0 spiro atoms. The molecule has 2 rings (SSSR count). The first-order chi connectivity index (χ1) is 9.08. The van der Waals surface area contributed by atoms with Gasteiger partial charge in [0.05, 0.1) is 10.6 Å². The quantitative estimate of drug-likeness (QED) is 0.430. The van der Waals surface area contributed by atoms with Crippen LogP contribution in [0, 0.1) is 10.1 Å². The van der Waals surface area contributed by atoms with Crippen molar-refractivity contribution < 1.29 is 4.92 Å². The zero-order valence-corrected chi connectivity index (χ0v) is 13.5. The van der Waals surface area contributed by atoms with Crippen LogP contribution in [-0.4, -0.2) is 4.92 Å². The Morgan fingerprint density at radius 3 is 2.58 bits per heavy atom. The van der Waals surface area contributed by atoms with Gasteiger partial charge in [-0.25, -0.2) is 0 Å². The molecule has 0 aliphatic carbocycles. The van der Waals surface area contributed by atoms with E-state index >= 15 is 0 Å². The maximum Gasteiger partial charge on any atom is 0.284 e. The minimum atomic E-state index is -0.388. The third-order valence-corrected chi connectivity index (χ3v) is 4.30. The first-order valence-corrected chi connectivity index (χ1v) is 7.59. The lowest BCUT2D eigenvalue weighted by molar-refractivity contribution is -0.387. The molecule has 2 aromatic carbocycles. The Balaban J connectivity index is 2.17. The summed E-state index contributed by atoms with van der Waals surface area (Å²) in [4.78, 5) is 11.1. The van der Waals surface area contributed by atoms with E-state index in [0.29, 0.717) is 4.90 Å². The number of nitro benzene ring substituents is 1. The molecule has 2 aromatic rings. The number of nitro groups is 1. The van der Waals surface area contributed by atoms with Gasteiger partial charge in [-0.05, 0) is 52.1 Å². The van der Waals surface area contributed by atoms with Gasteiger partial charge in [0.2, 0.25) is 0 Å². The van der Waals surface area contributed by atoms with Gasteiger partial charge in [-0.1, -0.05) is 28.1 Å². The number of para-hydroxylation sites is 1. The highest BCUT2D eigenvalue weighted by Gasteiger charge is 2.13.